The number of oxime groups is 4. The van der Waals surface area contributed by atoms with Gasteiger partial charge in [-0.2, -0.15) is 6.42 Å². The molecule has 0 amide bonds. The summed E-state index contributed by atoms with van der Waals surface area (Å²) in [7, 11) is 6.93. The normalized spacial score (nSPS) is 20.6. The molecule has 269 valence electrons. The number of hydrogen-bond donors (Lipinski definition) is 4. The molecule has 3 rings (SSSR count). The molecule has 1 aromatic heterocycles. The Bertz CT molecular complexity index is 1320. The van der Waals surface area contributed by atoms with Gasteiger partial charge in [0.2, 0.25) is 0 Å². The summed E-state index contributed by atoms with van der Waals surface area (Å²) in [5, 5.41) is 43.3. The van der Waals surface area contributed by atoms with Crippen LogP contribution >= 0.6 is 11.8 Å². The molecule has 0 unspecified atom stereocenters. The van der Waals surface area contributed by atoms with Crippen molar-refractivity contribution in [3.63, 3.8) is 0 Å². The number of carbonyl (C=O) groups is 2. The Morgan fingerprint density at radius 2 is 1.48 bits per heavy atom. The van der Waals surface area contributed by atoms with E-state index >= 15 is 0 Å². The van der Waals surface area contributed by atoms with Crippen molar-refractivity contribution in [3.05, 3.63) is 59.5 Å². The monoisotopic (exact) mass is 734 g/mol. The number of thioether (sulfide) groups is 1. The van der Waals surface area contributed by atoms with Crippen molar-refractivity contribution in [1.29, 1.82) is 0 Å². The quantitative estimate of drug-likeness (QED) is 0.0916. The number of aromatic nitrogens is 1. The Labute approximate surface area is 297 Å². The van der Waals surface area contributed by atoms with Gasteiger partial charge in [0.1, 0.15) is 28.6 Å². The summed E-state index contributed by atoms with van der Waals surface area (Å²) >= 11 is 1.44. The minimum absolute atomic E-state index is 0. The minimum atomic E-state index is -0.925. The number of methoxy groups -OCH3 is 2. The number of fused-ring (bicyclic) bond motifs is 1. The van der Waals surface area contributed by atoms with Gasteiger partial charge in [0.25, 0.3) is 0 Å². The fourth-order valence-corrected chi connectivity index (χ4v) is 4.90. The van der Waals surface area contributed by atoms with Gasteiger partial charge < -0.3 is 41.3 Å². The molecule has 4 N–H and O–H groups in total. The van der Waals surface area contributed by atoms with Crippen LogP contribution in [0.15, 0.2) is 74.0 Å². The van der Waals surface area contributed by atoms with E-state index in [-0.39, 0.29) is 40.4 Å². The molecule has 0 saturated heterocycles. The van der Waals surface area contributed by atoms with Crippen LogP contribution in [-0.4, -0.2) is 94.5 Å². The zero-order chi connectivity index (χ0) is 36.2. The number of rotatable bonds is 7. The average molecular weight is 735 g/mol. The van der Waals surface area contributed by atoms with Crippen molar-refractivity contribution in [2.75, 3.05) is 39.0 Å². The first-order valence-electron chi connectivity index (χ1n) is 14.4. The molecule has 14 nitrogen and oxygen atoms in total. The van der Waals surface area contributed by atoms with E-state index in [0.717, 1.165) is 5.75 Å². The van der Waals surface area contributed by atoms with Crippen LogP contribution in [-0.2, 0) is 35.8 Å². The molecule has 0 spiro atoms. The molecule has 0 bridgehead atoms. The zero-order valence-corrected chi connectivity index (χ0v) is 30.8. The standard InChI is InChI=1S/C17H21O4S.C7H10N2.2C4H8N2O2.Co/c1-5-22-15-10-17(16(19)21-4)11(2)7-6-8-12(17)14(20-3)9-13(15)18;1-9(2)7-3-5-8-6-4-7;2*1-3(5-7)4(2)6-8;/h7,9-12H,5,8H2,1-4H3;3-6H,1-2H3;2*7-8H,1-2H3;/q-1;;;;/b;;2*5-3+,6-4+;/t11-,12+,17-;;;;/m1..../s1. The first kappa shape index (κ1) is 46.0. The summed E-state index contributed by atoms with van der Waals surface area (Å²) in [5.74, 6) is 0.417. The minimum Gasteiger partial charge on any atom is -0.501 e. The average Bonchev–Trinajstić information content (AvgIpc) is 3.22. The number of nitrogens with zero attached hydrogens (tertiary/aromatic N) is 6. The van der Waals surface area contributed by atoms with Crippen molar-refractivity contribution in [1.82, 2.24) is 4.98 Å². The predicted molar refractivity (Wildman–Crippen MR) is 184 cm³/mol. The third-order valence-electron chi connectivity index (χ3n) is 7.15. The fraction of sp³-hybridized carbons (Fsp3) is 0.469. The fourth-order valence-electron chi connectivity index (χ4n) is 4.11. The van der Waals surface area contributed by atoms with Crippen molar-refractivity contribution >= 4 is 52.0 Å². The Morgan fingerprint density at radius 1 is 1.00 bits per heavy atom. The first-order valence-corrected chi connectivity index (χ1v) is 15.4. The second kappa shape index (κ2) is 24.1. The summed E-state index contributed by atoms with van der Waals surface area (Å²) in [6.07, 6.45) is 12.5. The van der Waals surface area contributed by atoms with Crippen LogP contribution in [0.25, 0.3) is 0 Å². The van der Waals surface area contributed by atoms with Crippen LogP contribution in [0.2, 0.25) is 0 Å². The van der Waals surface area contributed by atoms with Crippen molar-refractivity contribution in [3.8, 4) is 0 Å². The van der Waals surface area contributed by atoms with Gasteiger partial charge in [-0.15, -0.1) is 11.8 Å². The molecule has 48 heavy (non-hydrogen) atoms. The Hall–Kier alpha value is -4.15. The maximum absolute atomic E-state index is 12.7. The van der Waals surface area contributed by atoms with Gasteiger partial charge in [0.05, 0.1) is 24.5 Å². The van der Waals surface area contributed by atoms with Crippen LogP contribution in [0, 0.1) is 23.3 Å². The number of pyridine rings is 1. The maximum Gasteiger partial charge on any atom is 0.316 e. The molecule has 0 aromatic carbocycles. The van der Waals surface area contributed by atoms with Gasteiger partial charge in [-0.25, -0.2) is 0 Å². The Kier molecular flexibility index (Phi) is 23.0. The third kappa shape index (κ3) is 13.5. The number of ketones is 1. The zero-order valence-electron chi connectivity index (χ0n) is 29.0. The van der Waals surface area contributed by atoms with Crippen LogP contribution in [0.1, 0.15) is 48.0 Å². The number of anilines is 1. The van der Waals surface area contributed by atoms with Gasteiger partial charge in [0, 0.05) is 60.9 Å². The summed E-state index contributed by atoms with van der Waals surface area (Å²) in [4.78, 5) is 31.7. The molecule has 16 heteroatoms. The molecule has 2 aliphatic carbocycles. The van der Waals surface area contributed by atoms with Crippen molar-refractivity contribution < 1.29 is 56.7 Å². The second-order valence-electron chi connectivity index (χ2n) is 10.2. The number of ether oxygens (including phenoxy) is 2. The number of esters is 1. The smallest absolute Gasteiger partial charge is 0.316 e. The SMILES string of the molecule is CC(=N\O)/C(C)=N/O.CC(=N\O)/C(C)=N/O.CCSC1=C[C@@]2(C(=O)OC)[C@H](C)C=[C-]C[C@H]2C(OC)=CC1=O.CN(C)c1ccncc1.[Co]. The van der Waals surface area contributed by atoms with E-state index in [1.54, 1.807) is 18.5 Å². The van der Waals surface area contributed by atoms with Gasteiger partial charge in [-0.05, 0) is 57.6 Å². The van der Waals surface area contributed by atoms with Crippen LogP contribution < -0.4 is 4.90 Å². The van der Waals surface area contributed by atoms with Crippen molar-refractivity contribution in [2.24, 2.45) is 37.9 Å². The van der Waals surface area contributed by atoms with Crippen molar-refractivity contribution in [2.45, 2.75) is 48.0 Å². The molecule has 1 radical (unpaired) electrons. The van der Waals surface area contributed by atoms with Gasteiger partial charge in [-0.1, -0.05) is 34.5 Å². The molecular formula is C32H47CoN6O8S-. The number of allylic oxidation sites excluding steroid dienone is 5. The summed E-state index contributed by atoms with van der Waals surface area (Å²) < 4.78 is 10.5. The van der Waals surface area contributed by atoms with Gasteiger partial charge >= 0.3 is 5.97 Å². The summed E-state index contributed by atoms with van der Waals surface area (Å²) in [6, 6.07) is 3.94. The second-order valence-corrected chi connectivity index (χ2v) is 11.5. The van der Waals surface area contributed by atoms with Gasteiger partial charge in [0.15, 0.2) is 5.78 Å². The van der Waals surface area contributed by atoms with E-state index in [9.17, 15) is 9.59 Å². The van der Waals surface area contributed by atoms with E-state index in [1.807, 2.05) is 51.1 Å². The molecular weight excluding hydrogens is 687 g/mol. The van der Waals surface area contributed by atoms with Gasteiger partial charge in [-0.3, -0.25) is 20.6 Å². The Morgan fingerprint density at radius 3 is 1.83 bits per heavy atom. The van der Waals surface area contributed by atoms with Crippen LogP contribution in [0.3, 0.4) is 0 Å². The molecule has 3 atom stereocenters. The number of hydrogen-bond acceptors (Lipinski definition) is 15. The number of carbonyl (C=O) groups excluding carboxylic acids is 2. The largest absolute Gasteiger partial charge is 0.501 e. The summed E-state index contributed by atoms with van der Waals surface area (Å²) in [5.41, 5.74) is 1.51. The first-order chi connectivity index (χ1) is 22.2. The van der Waals surface area contributed by atoms with E-state index in [0.29, 0.717) is 39.9 Å². The molecule has 0 fully saturated rings. The summed E-state index contributed by atoms with van der Waals surface area (Å²) in [6.45, 7) is 10.1. The predicted octanol–water partition coefficient (Wildman–Crippen LogP) is 5.43. The molecule has 0 aliphatic heterocycles. The molecule has 1 aromatic rings. The Balaban J connectivity index is 0. The van der Waals surface area contributed by atoms with E-state index in [4.69, 9.17) is 30.3 Å². The topological polar surface area (TPSA) is 199 Å². The van der Waals surface area contributed by atoms with E-state index < -0.39 is 5.41 Å². The molecule has 2 aliphatic rings. The van der Waals surface area contributed by atoms with Crippen LogP contribution in [0.5, 0.6) is 0 Å². The van der Waals surface area contributed by atoms with E-state index in [2.05, 4.69) is 31.7 Å². The molecule has 1 heterocycles. The van der Waals surface area contributed by atoms with Crippen LogP contribution in [0.4, 0.5) is 5.69 Å². The maximum atomic E-state index is 12.7. The third-order valence-corrected chi connectivity index (χ3v) is 8.07. The van der Waals surface area contributed by atoms with E-state index in [1.165, 1.54) is 65.4 Å². The molecule has 0 saturated carbocycles.